The van der Waals surface area contributed by atoms with E-state index in [0.29, 0.717) is 0 Å². The van der Waals surface area contributed by atoms with Crippen LogP contribution < -0.4 is 4.90 Å². The third-order valence-electron chi connectivity index (χ3n) is 6.62. The first kappa shape index (κ1) is 20.3. The van der Waals surface area contributed by atoms with E-state index in [1.807, 2.05) is 0 Å². The summed E-state index contributed by atoms with van der Waals surface area (Å²) in [5, 5.41) is 2.56. The number of fused-ring (bicyclic) bond motifs is 3. The smallest absolute Gasteiger partial charge is 0.0541 e. The van der Waals surface area contributed by atoms with Crippen molar-refractivity contribution in [2.45, 2.75) is 6.92 Å². The average molecular weight is 439 g/mol. The van der Waals surface area contributed by atoms with Gasteiger partial charge in [-0.2, -0.15) is 0 Å². The zero-order valence-corrected chi connectivity index (χ0v) is 19.4. The molecule has 34 heavy (non-hydrogen) atoms. The minimum atomic E-state index is 1.17. The molecule has 164 valence electrons. The third kappa shape index (κ3) is 3.36. The predicted octanol–water partition coefficient (Wildman–Crippen LogP) is 8.53. The molecule has 0 bridgehead atoms. The molecule has 2 heteroatoms. The first-order chi connectivity index (χ1) is 16.7. The fraction of sp³-hybridized carbons (Fsp3) is 0.0625. The molecule has 6 rings (SSSR count). The second-order valence-electron chi connectivity index (χ2n) is 8.84. The van der Waals surface area contributed by atoms with Crippen molar-refractivity contribution in [3.63, 3.8) is 0 Å². The zero-order chi connectivity index (χ0) is 23.1. The van der Waals surface area contributed by atoms with Crippen LogP contribution in [-0.2, 0) is 0 Å². The molecule has 0 atom stereocenters. The number of para-hydroxylation sites is 3. The van der Waals surface area contributed by atoms with Crippen LogP contribution in [0.1, 0.15) is 5.56 Å². The summed E-state index contributed by atoms with van der Waals surface area (Å²) in [4.78, 5) is 2.30. The molecule has 0 aliphatic heterocycles. The number of hydrogen-bond acceptors (Lipinski definition) is 1. The Kier molecular flexibility index (Phi) is 4.92. The Labute approximate surface area is 200 Å². The summed E-state index contributed by atoms with van der Waals surface area (Å²) in [6.07, 6.45) is 0. The molecule has 0 aliphatic rings. The maximum Gasteiger partial charge on any atom is 0.0541 e. The fourth-order valence-corrected chi connectivity index (χ4v) is 5.03. The van der Waals surface area contributed by atoms with E-state index in [1.165, 1.54) is 55.6 Å². The second-order valence-corrected chi connectivity index (χ2v) is 8.84. The van der Waals surface area contributed by atoms with Crippen LogP contribution in [0.4, 0.5) is 11.4 Å². The SMILES string of the molecule is Cc1cc(N(C)c2ccccc2-c2ccccc2)cc(-n2c3ccccc3c3ccccc32)c1. The molecule has 0 saturated carbocycles. The maximum absolute atomic E-state index is 2.39. The van der Waals surface area contributed by atoms with Crippen LogP contribution in [0.25, 0.3) is 38.6 Å². The molecule has 0 radical (unpaired) electrons. The molecule has 0 N–H and O–H groups in total. The number of benzene rings is 5. The summed E-state index contributed by atoms with van der Waals surface area (Å²) >= 11 is 0. The van der Waals surface area contributed by atoms with Gasteiger partial charge in [0.2, 0.25) is 0 Å². The standard InChI is InChI=1S/C32H26N2/c1-23-20-25(33(2)30-17-9-6-14-27(30)24-12-4-3-5-13-24)22-26(21-23)34-31-18-10-7-15-28(31)29-16-8-11-19-32(29)34/h3-22H,1-2H3. The number of hydrogen-bond donors (Lipinski definition) is 0. The molecule has 0 spiro atoms. The van der Waals surface area contributed by atoms with Crippen LogP contribution in [0.15, 0.2) is 121 Å². The maximum atomic E-state index is 2.39. The van der Waals surface area contributed by atoms with Gasteiger partial charge in [-0.3, -0.25) is 0 Å². The lowest BCUT2D eigenvalue weighted by molar-refractivity contribution is 1.14. The first-order valence-corrected chi connectivity index (χ1v) is 11.7. The third-order valence-corrected chi connectivity index (χ3v) is 6.62. The van der Waals surface area contributed by atoms with E-state index in [4.69, 9.17) is 0 Å². The normalized spacial score (nSPS) is 11.2. The van der Waals surface area contributed by atoms with Gasteiger partial charge in [0.15, 0.2) is 0 Å². The highest BCUT2D eigenvalue weighted by Gasteiger charge is 2.15. The molecule has 0 saturated heterocycles. The molecule has 0 fully saturated rings. The van der Waals surface area contributed by atoms with Crippen molar-refractivity contribution in [1.29, 1.82) is 0 Å². The highest BCUT2D eigenvalue weighted by atomic mass is 15.1. The monoisotopic (exact) mass is 438 g/mol. The van der Waals surface area contributed by atoms with Crippen LogP contribution in [0.5, 0.6) is 0 Å². The quantitative estimate of drug-likeness (QED) is 0.268. The van der Waals surface area contributed by atoms with Gasteiger partial charge in [-0.05, 0) is 54.4 Å². The average Bonchev–Trinajstić information content (AvgIpc) is 3.23. The lowest BCUT2D eigenvalue weighted by atomic mass is 10.0. The van der Waals surface area contributed by atoms with Gasteiger partial charge in [-0.1, -0.05) is 84.9 Å². The van der Waals surface area contributed by atoms with Crippen molar-refractivity contribution < 1.29 is 0 Å². The molecular formula is C32H26N2. The number of aryl methyl sites for hydroxylation is 1. The zero-order valence-electron chi connectivity index (χ0n) is 19.4. The van der Waals surface area contributed by atoms with E-state index in [2.05, 4.69) is 145 Å². The Balaban J connectivity index is 1.53. The summed E-state index contributed by atoms with van der Waals surface area (Å²) < 4.78 is 2.39. The largest absolute Gasteiger partial charge is 0.344 e. The van der Waals surface area contributed by atoms with Crippen molar-refractivity contribution >= 4 is 33.2 Å². The molecule has 0 amide bonds. The van der Waals surface area contributed by atoms with Gasteiger partial charge in [0.25, 0.3) is 0 Å². The summed E-state index contributed by atoms with van der Waals surface area (Å²) in [7, 11) is 2.16. The minimum Gasteiger partial charge on any atom is -0.344 e. The predicted molar refractivity (Wildman–Crippen MR) is 145 cm³/mol. The van der Waals surface area contributed by atoms with Crippen molar-refractivity contribution in [3.8, 4) is 16.8 Å². The Morgan fingerprint density at radius 2 is 1.18 bits per heavy atom. The van der Waals surface area contributed by atoms with E-state index in [0.717, 1.165) is 0 Å². The number of rotatable bonds is 4. The van der Waals surface area contributed by atoms with Gasteiger partial charge in [0, 0.05) is 40.4 Å². The molecule has 5 aromatic carbocycles. The number of aromatic nitrogens is 1. The molecule has 0 aliphatic carbocycles. The van der Waals surface area contributed by atoms with Crippen molar-refractivity contribution in [2.24, 2.45) is 0 Å². The van der Waals surface area contributed by atoms with Gasteiger partial charge in [0.1, 0.15) is 0 Å². The Morgan fingerprint density at radius 3 is 1.88 bits per heavy atom. The highest BCUT2D eigenvalue weighted by molar-refractivity contribution is 6.09. The second kappa shape index (κ2) is 8.24. The molecule has 2 nitrogen and oxygen atoms in total. The van der Waals surface area contributed by atoms with Crippen molar-refractivity contribution in [3.05, 3.63) is 127 Å². The molecule has 1 aromatic heterocycles. The van der Waals surface area contributed by atoms with Gasteiger partial charge in [-0.25, -0.2) is 0 Å². The molecule has 0 unspecified atom stereocenters. The summed E-state index contributed by atoms with van der Waals surface area (Å²) in [6.45, 7) is 2.18. The van der Waals surface area contributed by atoms with Gasteiger partial charge >= 0.3 is 0 Å². The molecular weight excluding hydrogens is 412 g/mol. The minimum absolute atomic E-state index is 1.17. The summed E-state index contributed by atoms with van der Waals surface area (Å²) in [6, 6.07) is 43.4. The van der Waals surface area contributed by atoms with Crippen LogP contribution in [0.3, 0.4) is 0 Å². The van der Waals surface area contributed by atoms with E-state index in [9.17, 15) is 0 Å². The van der Waals surface area contributed by atoms with Crippen LogP contribution in [0, 0.1) is 6.92 Å². The number of anilines is 2. The molecule has 1 heterocycles. The van der Waals surface area contributed by atoms with Gasteiger partial charge < -0.3 is 9.47 Å². The van der Waals surface area contributed by atoms with E-state index >= 15 is 0 Å². The molecule has 6 aromatic rings. The Bertz CT molecular complexity index is 1570. The van der Waals surface area contributed by atoms with Gasteiger partial charge in [-0.15, -0.1) is 0 Å². The lowest BCUT2D eigenvalue weighted by Gasteiger charge is -2.24. The van der Waals surface area contributed by atoms with Crippen LogP contribution in [0.2, 0.25) is 0 Å². The van der Waals surface area contributed by atoms with Crippen molar-refractivity contribution in [1.82, 2.24) is 4.57 Å². The Hall–Kier alpha value is -4.30. The topological polar surface area (TPSA) is 8.17 Å². The first-order valence-electron chi connectivity index (χ1n) is 11.7. The fourth-order valence-electron chi connectivity index (χ4n) is 5.03. The van der Waals surface area contributed by atoms with E-state index in [1.54, 1.807) is 0 Å². The van der Waals surface area contributed by atoms with E-state index in [-0.39, 0.29) is 0 Å². The summed E-state index contributed by atoms with van der Waals surface area (Å²) in [5.41, 5.74) is 9.67. The summed E-state index contributed by atoms with van der Waals surface area (Å²) in [5.74, 6) is 0. The Morgan fingerprint density at radius 1 is 0.588 bits per heavy atom. The van der Waals surface area contributed by atoms with Gasteiger partial charge in [0.05, 0.1) is 11.0 Å². The lowest BCUT2D eigenvalue weighted by Crippen LogP contribution is -2.11. The van der Waals surface area contributed by atoms with Crippen molar-refractivity contribution in [2.75, 3.05) is 11.9 Å². The van der Waals surface area contributed by atoms with Crippen LogP contribution in [-0.4, -0.2) is 11.6 Å². The van der Waals surface area contributed by atoms with E-state index < -0.39 is 0 Å². The number of nitrogens with zero attached hydrogens (tertiary/aromatic N) is 2. The van der Waals surface area contributed by atoms with Crippen LogP contribution >= 0.6 is 0 Å². The highest BCUT2D eigenvalue weighted by Crippen LogP contribution is 2.37.